The molecule has 1 unspecified atom stereocenters. The lowest BCUT2D eigenvalue weighted by atomic mass is 10.4. The molecule has 0 saturated heterocycles. The van der Waals surface area contributed by atoms with E-state index in [2.05, 4.69) is 20.7 Å². The molecule has 0 saturated carbocycles. The molecular formula is C7H16BrNO3S. The third-order valence-electron chi connectivity index (χ3n) is 1.37. The number of sulfonamides is 1. The number of alkyl halides is 1. The van der Waals surface area contributed by atoms with Gasteiger partial charge >= 0.3 is 0 Å². The van der Waals surface area contributed by atoms with Crippen molar-refractivity contribution in [3.05, 3.63) is 0 Å². The molecule has 80 valence electrons. The van der Waals surface area contributed by atoms with Gasteiger partial charge in [-0.3, -0.25) is 0 Å². The van der Waals surface area contributed by atoms with E-state index in [0.29, 0.717) is 18.4 Å². The van der Waals surface area contributed by atoms with Crippen LogP contribution in [0.2, 0.25) is 0 Å². The van der Waals surface area contributed by atoms with Crippen LogP contribution in [0.4, 0.5) is 0 Å². The van der Waals surface area contributed by atoms with Crippen LogP contribution in [0.5, 0.6) is 0 Å². The minimum atomic E-state index is -3.13. The van der Waals surface area contributed by atoms with Gasteiger partial charge in [-0.1, -0.05) is 15.9 Å². The van der Waals surface area contributed by atoms with Gasteiger partial charge in [-0.2, -0.15) is 0 Å². The Balaban J connectivity index is 3.81. The summed E-state index contributed by atoms with van der Waals surface area (Å²) in [4.78, 5) is 0. The Kier molecular flexibility index (Phi) is 6.93. The highest BCUT2D eigenvalue weighted by atomic mass is 79.9. The molecule has 0 aliphatic rings. The van der Waals surface area contributed by atoms with Crippen molar-refractivity contribution in [3.63, 3.8) is 0 Å². The zero-order chi connectivity index (χ0) is 10.3. The smallest absolute Gasteiger partial charge is 0.211 e. The molecule has 13 heavy (non-hydrogen) atoms. The lowest BCUT2D eigenvalue weighted by Gasteiger charge is -2.10. The van der Waals surface area contributed by atoms with Crippen molar-refractivity contribution in [1.82, 2.24) is 4.72 Å². The molecule has 0 amide bonds. The highest BCUT2D eigenvalue weighted by molar-refractivity contribution is 9.09. The lowest BCUT2D eigenvalue weighted by Crippen LogP contribution is -2.35. The van der Waals surface area contributed by atoms with Gasteiger partial charge in [-0.15, -0.1) is 0 Å². The van der Waals surface area contributed by atoms with E-state index in [0.717, 1.165) is 0 Å². The maximum Gasteiger partial charge on any atom is 0.211 e. The van der Waals surface area contributed by atoms with Gasteiger partial charge in [-0.25, -0.2) is 13.1 Å². The number of hydrogen-bond acceptors (Lipinski definition) is 3. The highest BCUT2D eigenvalue weighted by Gasteiger charge is 2.12. The van der Waals surface area contributed by atoms with Gasteiger partial charge in [0.2, 0.25) is 10.0 Å². The van der Waals surface area contributed by atoms with Gasteiger partial charge in [0.05, 0.1) is 5.75 Å². The first-order valence-electron chi connectivity index (χ1n) is 4.06. The number of rotatable bonds is 7. The van der Waals surface area contributed by atoms with Crippen molar-refractivity contribution in [2.24, 2.45) is 0 Å². The topological polar surface area (TPSA) is 55.4 Å². The van der Waals surface area contributed by atoms with Gasteiger partial charge in [0, 0.05) is 25.1 Å². The van der Waals surface area contributed by atoms with Gasteiger partial charge < -0.3 is 4.74 Å². The van der Waals surface area contributed by atoms with Gasteiger partial charge in [0.15, 0.2) is 0 Å². The third kappa shape index (κ3) is 7.42. The van der Waals surface area contributed by atoms with Crippen LogP contribution >= 0.6 is 15.9 Å². The van der Waals surface area contributed by atoms with Crippen LogP contribution in [0.15, 0.2) is 0 Å². The van der Waals surface area contributed by atoms with Crippen molar-refractivity contribution in [3.8, 4) is 0 Å². The van der Waals surface area contributed by atoms with E-state index in [4.69, 9.17) is 4.74 Å². The molecule has 0 aromatic carbocycles. The molecule has 0 fully saturated rings. The van der Waals surface area contributed by atoms with Crippen LogP contribution in [0.3, 0.4) is 0 Å². The largest absolute Gasteiger partial charge is 0.385 e. The Labute approximate surface area is 88.2 Å². The summed E-state index contributed by atoms with van der Waals surface area (Å²) >= 11 is 3.20. The minimum absolute atomic E-state index is 0.0625. The van der Waals surface area contributed by atoms with E-state index in [9.17, 15) is 8.42 Å². The fourth-order valence-electron chi connectivity index (χ4n) is 0.790. The predicted octanol–water partition coefficient (Wildman–Crippen LogP) is 0.726. The van der Waals surface area contributed by atoms with Gasteiger partial charge in [0.1, 0.15) is 0 Å². The number of methoxy groups -OCH3 is 1. The summed E-state index contributed by atoms with van der Waals surface area (Å²) in [5.74, 6) is 0.123. The monoisotopic (exact) mass is 273 g/mol. The standard InChI is InChI=1S/C7H16BrNO3S/c1-7(6-8)9-13(10,11)5-3-4-12-2/h7,9H,3-6H2,1-2H3. The van der Waals surface area contributed by atoms with Crippen molar-refractivity contribution in [2.75, 3.05) is 24.8 Å². The molecule has 0 heterocycles. The van der Waals surface area contributed by atoms with Crippen LogP contribution < -0.4 is 4.72 Å². The Bertz CT molecular complexity index is 218. The molecular weight excluding hydrogens is 258 g/mol. The fourth-order valence-corrected chi connectivity index (χ4v) is 2.48. The average Bonchev–Trinajstić information content (AvgIpc) is 2.03. The number of ether oxygens (including phenoxy) is 1. The summed E-state index contributed by atoms with van der Waals surface area (Å²) in [6.45, 7) is 2.28. The van der Waals surface area contributed by atoms with E-state index in [-0.39, 0.29) is 11.8 Å². The van der Waals surface area contributed by atoms with Crippen molar-refractivity contribution < 1.29 is 13.2 Å². The molecule has 0 radical (unpaired) electrons. The normalized spacial score (nSPS) is 14.4. The van der Waals surface area contributed by atoms with Crippen LogP contribution in [-0.2, 0) is 14.8 Å². The molecule has 0 aromatic rings. The summed E-state index contributed by atoms with van der Waals surface area (Å²) in [7, 11) is -1.57. The Morgan fingerprint density at radius 2 is 2.15 bits per heavy atom. The molecule has 0 aliphatic heterocycles. The van der Waals surface area contributed by atoms with E-state index in [1.807, 2.05) is 6.92 Å². The number of halogens is 1. The zero-order valence-corrected chi connectivity index (χ0v) is 10.3. The Hall–Kier alpha value is 0.350. The predicted molar refractivity (Wildman–Crippen MR) is 56.7 cm³/mol. The SMILES string of the molecule is COCCCS(=O)(=O)NC(C)CBr. The molecule has 0 rings (SSSR count). The second-order valence-corrected chi connectivity index (χ2v) is 5.36. The molecule has 1 atom stereocenters. The number of hydrogen-bond donors (Lipinski definition) is 1. The second-order valence-electron chi connectivity index (χ2n) is 2.84. The van der Waals surface area contributed by atoms with Gasteiger partial charge in [-0.05, 0) is 13.3 Å². The van der Waals surface area contributed by atoms with Crippen molar-refractivity contribution in [2.45, 2.75) is 19.4 Å². The molecule has 0 aromatic heterocycles. The van der Waals surface area contributed by atoms with E-state index in [1.54, 1.807) is 7.11 Å². The summed E-state index contributed by atoms with van der Waals surface area (Å²) < 4.78 is 29.9. The second kappa shape index (κ2) is 6.75. The molecule has 6 heteroatoms. The van der Waals surface area contributed by atoms with Crippen LogP contribution in [0.1, 0.15) is 13.3 Å². The summed E-state index contributed by atoms with van der Waals surface area (Å²) in [6, 6.07) is -0.0625. The zero-order valence-electron chi connectivity index (χ0n) is 7.92. The van der Waals surface area contributed by atoms with E-state index >= 15 is 0 Å². The van der Waals surface area contributed by atoms with E-state index < -0.39 is 10.0 Å². The first-order valence-corrected chi connectivity index (χ1v) is 6.84. The van der Waals surface area contributed by atoms with Crippen LogP contribution in [-0.4, -0.2) is 39.3 Å². The van der Waals surface area contributed by atoms with Crippen LogP contribution in [0.25, 0.3) is 0 Å². The molecule has 4 nitrogen and oxygen atoms in total. The summed E-state index contributed by atoms with van der Waals surface area (Å²) in [5.41, 5.74) is 0. The van der Waals surface area contributed by atoms with Gasteiger partial charge in [0.25, 0.3) is 0 Å². The fraction of sp³-hybridized carbons (Fsp3) is 1.00. The summed E-state index contributed by atoms with van der Waals surface area (Å²) in [5, 5.41) is 0.622. The summed E-state index contributed by atoms with van der Waals surface area (Å²) in [6.07, 6.45) is 0.529. The van der Waals surface area contributed by atoms with Crippen molar-refractivity contribution in [1.29, 1.82) is 0 Å². The van der Waals surface area contributed by atoms with Crippen LogP contribution in [0, 0.1) is 0 Å². The third-order valence-corrected chi connectivity index (χ3v) is 3.93. The maximum absolute atomic E-state index is 11.3. The molecule has 0 bridgehead atoms. The molecule has 0 spiro atoms. The first kappa shape index (κ1) is 13.4. The number of nitrogens with one attached hydrogen (secondary N) is 1. The quantitative estimate of drug-likeness (QED) is 0.550. The highest BCUT2D eigenvalue weighted by Crippen LogP contribution is 1.95. The lowest BCUT2D eigenvalue weighted by molar-refractivity contribution is 0.199. The first-order chi connectivity index (χ1) is 6.02. The average molecular weight is 274 g/mol. The Morgan fingerprint density at radius 3 is 2.62 bits per heavy atom. The minimum Gasteiger partial charge on any atom is -0.385 e. The van der Waals surface area contributed by atoms with E-state index in [1.165, 1.54) is 0 Å². The maximum atomic E-state index is 11.3. The molecule has 0 aliphatic carbocycles. The molecule has 1 N–H and O–H groups in total. The Morgan fingerprint density at radius 1 is 1.54 bits per heavy atom. The van der Waals surface area contributed by atoms with Crippen molar-refractivity contribution >= 4 is 26.0 Å².